The fraction of sp³-hybridized carbons (Fsp3) is 0.235. The van der Waals surface area contributed by atoms with Crippen molar-refractivity contribution >= 4 is 43.5 Å². The molecule has 0 aliphatic carbocycles. The summed E-state index contributed by atoms with van der Waals surface area (Å²) in [6, 6.07) is 17.2. The predicted octanol–water partition coefficient (Wildman–Crippen LogP) is 4.92. The maximum atomic E-state index is 12.3. The molecule has 0 aliphatic rings. The second kappa shape index (κ2) is 8.34. The molecule has 0 unspecified atom stereocenters. The number of carbonyl (C=O) groups is 1. The Morgan fingerprint density at radius 3 is 2.32 bits per heavy atom. The lowest BCUT2D eigenvalue weighted by Gasteiger charge is -2.17. The van der Waals surface area contributed by atoms with Crippen LogP contribution >= 0.6 is 31.9 Å². The van der Waals surface area contributed by atoms with Gasteiger partial charge in [-0.1, -0.05) is 62.2 Å². The number of hydrogen-bond donors (Lipinski definition) is 1. The molecule has 2 aromatic rings. The van der Waals surface area contributed by atoms with Crippen molar-refractivity contribution in [1.82, 2.24) is 0 Å². The topological polar surface area (TPSA) is 38.3 Å². The Hall–Kier alpha value is -1.33. The third kappa shape index (κ3) is 4.58. The number of carbonyl (C=O) groups excluding carboxylic acids is 1. The van der Waals surface area contributed by atoms with Crippen LogP contribution in [0.15, 0.2) is 54.6 Å². The molecule has 1 N–H and O–H groups in total. The molecular weight excluding hydrogens is 410 g/mol. The molecule has 1 amide bonds. The van der Waals surface area contributed by atoms with Gasteiger partial charge in [-0.2, -0.15) is 0 Å². The highest BCUT2D eigenvalue weighted by molar-refractivity contribution is 9.12. The normalized spacial score (nSPS) is 13.2. The Morgan fingerprint density at radius 2 is 1.73 bits per heavy atom. The van der Waals surface area contributed by atoms with Crippen LogP contribution < -0.4 is 10.1 Å². The van der Waals surface area contributed by atoms with Crippen LogP contribution in [-0.4, -0.2) is 17.3 Å². The first kappa shape index (κ1) is 17.0. The van der Waals surface area contributed by atoms with Crippen molar-refractivity contribution in [2.24, 2.45) is 0 Å². The van der Waals surface area contributed by atoms with E-state index < -0.39 is 0 Å². The molecule has 0 spiro atoms. The summed E-state index contributed by atoms with van der Waals surface area (Å²) in [5.74, 6) is 0.688. The number of amides is 1. The molecule has 0 saturated heterocycles. The molecule has 2 aromatic carbocycles. The maximum absolute atomic E-state index is 12.3. The monoisotopic (exact) mass is 425 g/mol. The Kier molecular flexibility index (Phi) is 6.46. The van der Waals surface area contributed by atoms with Crippen molar-refractivity contribution in [3.8, 4) is 5.75 Å². The minimum absolute atomic E-state index is 0.101. The Balaban J connectivity index is 1.99. The lowest BCUT2D eigenvalue weighted by molar-refractivity contribution is -0.115. The second-order valence-corrected chi connectivity index (χ2v) is 6.63. The first-order chi connectivity index (χ1) is 10.6. The van der Waals surface area contributed by atoms with E-state index in [0.717, 1.165) is 17.0 Å². The fourth-order valence-electron chi connectivity index (χ4n) is 1.95. The van der Waals surface area contributed by atoms with Gasteiger partial charge >= 0.3 is 0 Å². The molecule has 0 radical (unpaired) electrons. The molecular formula is C17H17Br2NO2. The Morgan fingerprint density at radius 1 is 1.09 bits per heavy atom. The van der Waals surface area contributed by atoms with Gasteiger partial charge in [-0.15, -0.1) is 0 Å². The van der Waals surface area contributed by atoms with E-state index in [4.69, 9.17) is 4.74 Å². The smallest absolute Gasteiger partial charge is 0.239 e. The lowest BCUT2D eigenvalue weighted by atomic mass is 10.1. The van der Waals surface area contributed by atoms with Gasteiger partial charge in [0, 0.05) is 5.69 Å². The van der Waals surface area contributed by atoms with Crippen LogP contribution in [0.1, 0.15) is 17.3 Å². The highest BCUT2D eigenvalue weighted by Crippen LogP contribution is 2.31. The zero-order valence-corrected chi connectivity index (χ0v) is 15.3. The van der Waals surface area contributed by atoms with E-state index in [1.165, 1.54) is 0 Å². The van der Waals surface area contributed by atoms with E-state index in [1.54, 1.807) is 0 Å². The van der Waals surface area contributed by atoms with E-state index in [9.17, 15) is 4.79 Å². The summed E-state index contributed by atoms with van der Waals surface area (Å²) in [7, 11) is 0. The molecule has 0 aromatic heterocycles. The SMILES string of the molecule is CCOc1ccc(NC(=O)[C@H](Br)[C@H](Br)c2ccccc2)cc1. The van der Waals surface area contributed by atoms with Gasteiger partial charge in [0.15, 0.2) is 0 Å². The molecule has 116 valence electrons. The van der Waals surface area contributed by atoms with Crippen molar-refractivity contribution in [3.63, 3.8) is 0 Å². The van der Waals surface area contributed by atoms with Crippen LogP contribution in [0.3, 0.4) is 0 Å². The number of alkyl halides is 2. The number of rotatable bonds is 6. The van der Waals surface area contributed by atoms with Gasteiger partial charge in [0.1, 0.15) is 10.6 Å². The number of nitrogens with one attached hydrogen (secondary N) is 1. The second-order valence-electron chi connectivity index (χ2n) is 4.66. The molecule has 5 heteroatoms. The number of ether oxygens (including phenoxy) is 1. The Bertz CT molecular complexity index is 602. The number of hydrogen-bond acceptors (Lipinski definition) is 2. The van der Waals surface area contributed by atoms with E-state index in [-0.39, 0.29) is 15.6 Å². The molecule has 0 heterocycles. The van der Waals surface area contributed by atoms with Crippen molar-refractivity contribution in [2.45, 2.75) is 16.6 Å². The van der Waals surface area contributed by atoms with Gasteiger partial charge in [0.05, 0.1) is 11.4 Å². The zero-order chi connectivity index (χ0) is 15.9. The van der Waals surface area contributed by atoms with Gasteiger partial charge in [0.25, 0.3) is 0 Å². The first-order valence-electron chi connectivity index (χ1n) is 6.98. The minimum Gasteiger partial charge on any atom is -0.494 e. The molecule has 3 nitrogen and oxygen atoms in total. The molecule has 0 aliphatic heterocycles. The quantitative estimate of drug-likeness (QED) is 0.665. The summed E-state index contributed by atoms with van der Waals surface area (Å²) in [6.45, 7) is 2.56. The first-order valence-corrected chi connectivity index (χ1v) is 8.81. The van der Waals surface area contributed by atoms with Crippen LogP contribution in [0.2, 0.25) is 0 Å². The molecule has 2 rings (SSSR count). The number of benzene rings is 2. The molecule has 22 heavy (non-hydrogen) atoms. The lowest BCUT2D eigenvalue weighted by Crippen LogP contribution is -2.26. The standard InChI is InChI=1S/C17H17Br2NO2/c1-2-22-14-10-8-13(9-11-14)20-17(21)16(19)15(18)12-6-4-3-5-7-12/h3-11,15-16H,2H2,1H3,(H,20,21)/t15-,16-/m1/s1. The Labute approximate surface area is 147 Å². The summed E-state index contributed by atoms with van der Waals surface area (Å²) in [4.78, 5) is 11.8. The third-order valence-electron chi connectivity index (χ3n) is 3.06. The fourth-order valence-corrected chi connectivity index (χ4v) is 2.92. The van der Waals surface area contributed by atoms with Crippen LogP contribution in [0.25, 0.3) is 0 Å². The van der Waals surface area contributed by atoms with E-state index in [0.29, 0.717) is 6.61 Å². The zero-order valence-electron chi connectivity index (χ0n) is 12.1. The highest BCUT2D eigenvalue weighted by atomic mass is 79.9. The van der Waals surface area contributed by atoms with E-state index in [1.807, 2.05) is 61.5 Å². The van der Waals surface area contributed by atoms with Crippen LogP contribution in [0.5, 0.6) is 5.75 Å². The highest BCUT2D eigenvalue weighted by Gasteiger charge is 2.24. The third-order valence-corrected chi connectivity index (χ3v) is 5.77. The summed E-state index contributed by atoms with van der Waals surface area (Å²) in [5.41, 5.74) is 1.79. The van der Waals surface area contributed by atoms with Gasteiger partial charge in [-0.05, 0) is 36.8 Å². The van der Waals surface area contributed by atoms with Crippen LogP contribution in [0, 0.1) is 0 Å². The van der Waals surface area contributed by atoms with Gasteiger partial charge in [-0.25, -0.2) is 0 Å². The van der Waals surface area contributed by atoms with Crippen molar-refractivity contribution in [3.05, 3.63) is 60.2 Å². The molecule has 0 bridgehead atoms. The average molecular weight is 427 g/mol. The van der Waals surface area contributed by atoms with Crippen molar-refractivity contribution < 1.29 is 9.53 Å². The molecule has 2 atom stereocenters. The van der Waals surface area contributed by atoms with Gasteiger partial charge < -0.3 is 10.1 Å². The van der Waals surface area contributed by atoms with E-state index in [2.05, 4.69) is 37.2 Å². The number of anilines is 1. The number of halogens is 2. The summed E-state index contributed by atoms with van der Waals surface area (Å²) < 4.78 is 5.38. The largest absolute Gasteiger partial charge is 0.494 e. The van der Waals surface area contributed by atoms with Crippen LogP contribution in [0.4, 0.5) is 5.69 Å². The predicted molar refractivity (Wildman–Crippen MR) is 97.1 cm³/mol. The van der Waals surface area contributed by atoms with Crippen molar-refractivity contribution in [1.29, 1.82) is 0 Å². The summed E-state index contributed by atoms with van der Waals surface area (Å²) >= 11 is 7.03. The van der Waals surface area contributed by atoms with Crippen LogP contribution in [-0.2, 0) is 4.79 Å². The van der Waals surface area contributed by atoms with Crippen molar-refractivity contribution in [2.75, 3.05) is 11.9 Å². The average Bonchev–Trinajstić information content (AvgIpc) is 2.56. The minimum atomic E-state index is -0.374. The maximum Gasteiger partial charge on any atom is 0.239 e. The molecule has 0 fully saturated rings. The van der Waals surface area contributed by atoms with Gasteiger partial charge in [0.2, 0.25) is 5.91 Å². The molecule has 0 saturated carbocycles. The summed E-state index contributed by atoms with van der Waals surface area (Å²) in [6.07, 6.45) is 0. The summed E-state index contributed by atoms with van der Waals surface area (Å²) in [5, 5.41) is 2.89. The van der Waals surface area contributed by atoms with Gasteiger partial charge in [-0.3, -0.25) is 4.79 Å². The van der Waals surface area contributed by atoms with E-state index >= 15 is 0 Å².